The Balaban J connectivity index is 0. The van der Waals surface area contributed by atoms with Crippen LogP contribution in [-0.2, 0) is 18.4 Å². The molecule has 4 nitrogen and oxygen atoms in total. The van der Waals surface area contributed by atoms with E-state index in [1.54, 1.807) is 0 Å². The molecule has 0 rings (SSSR count). The van der Waals surface area contributed by atoms with E-state index in [0.717, 1.165) is 25.7 Å². The van der Waals surface area contributed by atoms with Crippen LogP contribution in [0.2, 0.25) is 0 Å². The van der Waals surface area contributed by atoms with E-state index in [0.29, 0.717) is 6.42 Å². The van der Waals surface area contributed by atoms with E-state index in [-0.39, 0.29) is 41.5 Å². The number of carbonyl (C=O) groups is 1. The zero-order chi connectivity index (χ0) is 11.7. The molecule has 0 saturated carbocycles. The fourth-order valence-electron chi connectivity index (χ4n) is 1.25. The van der Waals surface area contributed by atoms with Gasteiger partial charge in [-0.15, -0.1) is 0 Å². The summed E-state index contributed by atoms with van der Waals surface area (Å²) in [4.78, 5) is 11.4. The summed E-state index contributed by atoms with van der Waals surface area (Å²) in [6.07, 6.45) is 4.55. The van der Waals surface area contributed by atoms with Crippen molar-refractivity contribution < 1.29 is 18.4 Å². The SMILES string of the molecule is CCCCCCC(=O)CP(=O)(OC)OC.[Na]. The minimum atomic E-state index is -3.14. The van der Waals surface area contributed by atoms with Crippen LogP contribution in [-0.4, -0.2) is 55.7 Å². The van der Waals surface area contributed by atoms with E-state index in [1.807, 2.05) is 0 Å². The summed E-state index contributed by atoms with van der Waals surface area (Å²) in [6.45, 7) is 2.12. The first-order chi connectivity index (χ1) is 7.08. The molecule has 0 saturated heterocycles. The monoisotopic (exact) mass is 259 g/mol. The number of Topliss-reactive ketones (excluding diaryl/α,β-unsaturated/α-hetero) is 1. The number of hydrogen-bond acceptors (Lipinski definition) is 4. The van der Waals surface area contributed by atoms with Gasteiger partial charge in [0, 0.05) is 50.2 Å². The Morgan fingerprint density at radius 1 is 1.12 bits per heavy atom. The van der Waals surface area contributed by atoms with Crippen LogP contribution in [0.5, 0.6) is 0 Å². The van der Waals surface area contributed by atoms with Crippen LogP contribution < -0.4 is 0 Å². The Bertz CT molecular complexity index is 225. The van der Waals surface area contributed by atoms with E-state index in [1.165, 1.54) is 14.2 Å². The van der Waals surface area contributed by atoms with Gasteiger partial charge in [-0.3, -0.25) is 9.36 Å². The fourth-order valence-corrected chi connectivity index (χ4v) is 2.24. The van der Waals surface area contributed by atoms with Crippen LogP contribution >= 0.6 is 7.60 Å². The molecule has 0 atom stereocenters. The zero-order valence-electron chi connectivity index (χ0n) is 10.8. The summed E-state index contributed by atoms with van der Waals surface area (Å²) >= 11 is 0. The summed E-state index contributed by atoms with van der Waals surface area (Å²) in [5.41, 5.74) is 0. The molecule has 16 heavy (non-hydrogen) atoms. The number of unbranched alkanes of at least 4 members (excludes halogenated alkanes) is 3. The van der Waals surface area contributed by atoms with E-state index >= 15 is 0 Å². The molecule has 0 bridgehead atoms. The second-order valence-corrected chi connectivity index (χ2v) is 5.75. The smallest absolute Gasteiger partial charge is 0.312 e. The third-order valence-corrected chi connectivity index (χ3v) is 4.09. The summed E-state index contributed by atoms with van der Waals surface area (Å²) in [5.74, 6) is -0.0434. The quantitative estimate of drug-likeness (QED) is 0.363. The van der Waals surface area contributed by atoms with Crippen molar-refractivity contribution >= 4 is 42.9 Å². The largest absolute Gasteiger partial charge is 0.337 e. The van der Waals surface area contributed by atoms with Gasteiger partial charge in [0.05, 0.1) is 0 Å². The van der Waals surface area contributed by atoms with Crippen molar-refractivity contribution in [1.82, 2.24) is 0 Å². The number of hydrogen-bond donors (Lipinski definition) is 0. The predicted octanol–water partition coefficient (Wildman–Crippen LogP) is 2.63. The maximum absolute atomic E-state index is 11.6. The van der Waals surface area contributed by atoms with Gasteiger partial charge in [-0.2, -0.15) is 0 Å². The third-order valence-electron chi connectivity index (χ3n) is 2.24. The number of carbonyl (C=O) groups excluding carboxylic acids is 1. The molecule has 0 aromatic heterocycles. The second-order valence-electron chi connectivity index (χ2n) is 3.48. The number of ketones is 1. The summed E-state index contributed by atoms with van der Waals surface area (Å²) in [6, 6.07) is 0. The van der Waals surface area contributed by atoms with Crippen LogP contribution in [0.25, 0.3) is 0 Å². The molecule has 1 radical (unpaired) electrons. The van der Waals surface area contributed by atoms with Gasteiger partial charge in [0.15, 0.2) is 0 Å². The minimum absolute atomic E-state index is 0. The first kappa shape index (κ1) is 19.2. The van der Waals surface area contributed by atoms with Crippen molar-refractivity contribution in [1.29, 1.82) is 0 Å². The molecule has 0 amide bonds. The van der Waals surface area contributed by atoms with Gasteiger partial charge < -0.3 is 9.05 Å². The molecular weight excluding hydrogens is 238 g/mol. The molecule has 0 N–H and O–H groups in total. The maximum Gasteiger partial charge on any atom is 0.337 e. The maximum atomic E-state index is 11.6. The van der Waals surface area contributed by atoms with E-state index < -0.39 is 7.60 Å². The Labute approximate surface area is 120 Å². The van der Waals surface area contributed by atoms with Gasteiger partial charge in [0.2, 0.25) is 0 Å². The number of rotatable bonds is 9. The molecule has 0 aliphatic carbocycles. The van der Waals surface area contributed by atoms with Gasteiger partial charge in [0.1, 0.15) is 11.9 Å². The van der Waals surface area contributed by atoms with E-state index in [2.05, 4.69) is 6.92 Å². The van der Waals surface area contributed by atoms with Crippen LogP contribution in [0, 0.1) is 0 Å². The first-order valence-electron chi connectivity index (χ1n) is 5.30. The zero-order valence-corrected chi connectivity index (χ0v) is 13.7. The molecule has 0 unspecified atom stereocenters. The van der Waals surface area contributed by atoms with Gasteiger partial charge in [-0.1, -0.05) is 26.2 Å². The molecule has 0 aromatic carbocycles. The standard InChI is InChI=1S/C10H21O4P.Na/c1-4-5-6-7-8-10(11)9-15(12,13-2)14-3;/h4-9H2,1-3H3;. The van der Waals surface area contributed by atoms with Crippen LogP contribution in [0.1, 0.15) is 39.0 Å². The molecule has 0 aliphatic heterocycles. The normalized spacial score (nSPS) is 10.9. The third kappa shape index (κ3) is 8.91. The van der Waals surface area contributed by atoms with E-state index in [9.17, 15) is 9.36 Å². The summed E-state index contributed by atoms with van der Waals surface area (Å²) < 4.78 is 21.0. The molecule has 91 valence electrons. The van der Waals surface area contributed by atoms with Gasteiger partial charge >= 0.3 is 7.60 Å². The molecular formula is C10H21NaO4P. The van der Waals surface area contributed by atoms with Crippen LogP contribution in [0.3, 0.4) is 0 Å². The average molecular weight is 259 g/mol. The van der Waals surface area contributed by atoms with Crippen molar-refractivity contribution in [2.45, 2.75) is 39.0 Å². The molecule has 0 aromatic rings. The van der Waals surface area contributed by atoms with E-state index in [4.69, 9.17) is 9.05 Å². The summed E-state index contributed by atoms with van der Waals surface area (Å²) in [5, 5.41) is 0. The van der Waals surface area contributed by atoms with Gasteiger partial charge in [-0.25, -0.2) is 0 Å². The van der Waals surface area contributed by atoms with Crippen molar-refractivity contribution in [3.8, 4) is 0 Å². The van der Waals surface area contributed by atoms with Crippen molar-refractivity contribution in [2.24, 2.45) is 0 Å². The molecule has 0 aliphatic rings. The average Bonchev–Trinajstić information content (AvgIpc) is 2.24. The fraction of sp³-hybridized carbons (Fsp3) is 0.900. The van der Waals surface area contributed by atoms with Crippen molar-refractivity contribution in [2.75, 3.05) is 20.4 Å². The molecule has 0 fully saturated rings. The van der Waals surface area contributed by atoms with Crippen molar-refractivity contribution in [3.63, 3.8) is 0 Å². The molecule has 0 heterocycles. The second kappa shape index (κ2) is 10.9. The topological polar surface area (TPSA) is 52.6 Å². The Kier molecular flexibility index (Phi) is 13.1. The molecule has 0 spiro atoms. The molecule has 6 heteroatoms. The first-order valence-corrected chi connectivity index (χ1v) is 7.03. The Hall–Kier alpha value is 0.820. The Morgan fingerprint density at radius 3 is 2.12 bits per heavy atom. The van der Waals surface area contributed by atoms with Gasteiger partial charge in [0.25, 0.3) is 0 Å². The van der Waals surface area contributed by atoms with Crippen LogP contribution in [0.15, 0.2) is 0 Å². The predicted molar refractivity (Wildman–Crippen MR) is 66.0 cm³/mol. The summed E-state index contributed by atoms with van der Waals surface area (Å²) in [7, 11) is -0.542. The van der Waals surface area contributed by atoms with Gasteiger partial charge in [-0.05, 0) is 6.42 Å². The van der Waals surface area contributed by atoms with Crippen molar-refractivity contribution in [3.05, 3.63) is 0 Å². The minimum Gasteiger partial charge on any atom is -0.312 e. The Morgan fingerprint density at radius 2 is 1.69 bits per heavy atom. The van der Waals surface area contributed by atoms with Crippen LogP contribution in [0.4, 0.5) is 0 Å².